The average molecular weight is 624 g/mol. The molecule has 222 valence electrons. The number of hydrogen-bond acceptors (Lipinski definition) is 7. The smallest absolute Gasteiger partial charge is 0.272 e. The van der Waals surface area contributed by atoms with Crippen molar-refractivity contribution in [3.8, 4) is 0 Å². The molecule has 11 heteroatoms. The molecule has 1 aromatic heterocycles. The van der Waals surface area contributed by atoms with Gasteiger partial charge in [-0.25, -0.2) is 0 Å². The Balaban J connectivity index is 1.25. The Kier molecular flexibility index (Phi) is 10.0. The van der Waals surface area contributed by atoms with E-state index in [9.17, 15) is 19.2 Å². The minimum Gasteiger partial charge on any atom is -0.321 e. The molecular weight excluding hydrogens is 595 g/mol. The van der Waals surface area contributed by atoms with Gasteiger partial charge in [0.15, 0.2) is 0 Å². The van der Waals surface area contributed by atoms with Crippen molar-refractivity contribution in [3.63, 3.8) is 0 Å². The van der Waals surface area contributed by atoms with Crippen molar-refractivity contribution >= 4 is 70.0 Å². The molecule has 2 heterocycles. The number of nitrogens with one attached hydrogen (secondary N) is 3. The second kappa shape index (κ2) is 14.5. The molecule has 0 bridgehead atoms. The summed E-state index contributed by atoms with van der Waals surface area (Å²) in [6.07, 6.45) is 2.15. The van der Waals surface area contributed by atoms with E-state index in [-0.39, 0.29) is 23.9 Å². The van der Waals surface area contributed by atoms with Gasteiger partial charge in [0.05, 0.1) is 17.4 Å². The molecule has 44 heavy (non-hydrogen) atoms. The van der Waals surface area contributed by atoms with E-state index in [1.54, 1.807) is 60.7 Å². The molecule has 4 aromatic rings. The Labute approximate surface area is 263 Å². The van der Waals surface area contributed by atoms with Gasteiger partial charge in [-0.15, -0.1) is 11.8 Å². The maximum absolute atomic E-state index is 13.3. The number of amides is 4. The Morgan fingerprint density at radius 1 is 0.977 bits per heavy atom. The summed E-state index contributed by atoms with van der Waals surface area (Å²) < 4.78 is 0. The zero-order valence-corrected chi connectivity index (χ0v) is 25.4. The van der Waals surface area contributed by atoms with E-state index in [0.29, 0.717) is 29.2 Å². The Morgan fingerprint density at radius 3 is 2.43 bits per heavy atom. The number of rotatable bonds is 10. The lowest BCUT2D eigenvalue weighted by Gasteiger charge is -2.15. The fourth-order valence-electron chi connectivity index (χ4n) is 4.29. The van der Waals surface area contributed by atoms with Crippen molar-refractivity contribution in [2.75, 3.05) is 10.3 Å². The monoisotopic (exact) mass is 623 g/mol. The molecule has 1 unspecified atom stereocenters. The number of amidine groups is 1. The highest BCUT2D eigenvalue weighted by Crippen LogP contribution is 2.28. The summed E-state index contributed by atoms with van der Waals surface area (Å²) >= 11 is 2.82. The SMILES string of the molecule is CCC(Sc1cccc(NC(=O)/C(=C/c2ccsc2)NC(=O)c2ccccc2)c1)C(=O)NC1=NN(c2ccccc2)C(=O)C1. The van der Waals surface area contributed by atoms with Gasteiger partial charge in [0.2, 0.25) is 5.91 Å². The third-order valence-corrected chi connectivity index (χ3v) is 8.52. The number of benzene rings is 3. The number of carbonyl (C=O) groups is 4. The molecule has 1 aliphatic rings. The summed E-state index contributed by atoms with van der Waals surface area (Å²) in [7, 11) is 0. The van der Waals surface area contributed by atoms with Crippen LogP contribution in [-0.4, -0.2) is 34.7 Å². The number of hydrazone groups is 1. The number of carbonyl (C=O) groups excluding carboxylic acids is 4. The third kappa shape index (κ3) is 7.88. The van der Waals surface area contributed by atoms with Crippen LogP contribution in [0.25, 0.3) is 6.08 Å². The third-order valence-electron chi connectivity index (χ3n) is 6.46. The first-order valence-electron chi connectivity index (χ1n) is 13.8. The summed E-state index contributed by atoms with van der Waals surface area (Å²) in [5, 5.41) is 17.3. The van der Waals surface area contributed by atoms with Crippen molar-refractivity contribution < 1.29 is 19.2 Å². The van der Waals surface area contributed by atoms with E-state index < -0.39 is 17.1 Å². The Morgan fingerprint density at radius 2 is 1.73 bits per heavy atom. The van der Waals surface area contributed by atoms with Crippen LogP contribution >= 0.6 is 23.1 Å². The first-order chi connectivity index (χ1) is 21.4. The molecule has 0 radical (unpaired) electrons. The second-order valence-electron chi connectivity index (χ2n) is 9.69. The van der Waals surface area contributed by atoms with Gasteiger partial charge in [-0.05, 0) is 77.4 Å². The Bertz CT molecular complexity index is 1710. The zero-order valence-electron chi connectivity index (χ0n) is 23.7. The molecule has 3 N–H and O–H groups in total. The minimum absolute atomic E-state index is 0.00525. The molecule has 0 fully saturated rings. The number of thiophene rings is 1. The topological polar surface area (TPSA) is 120 Å². The largest absolute Gasteiger partial charge is 0.321 e. The van der Waals surface area contributed by atoms with E-state index >= 15 is 0 Å². The summed E-state index contributed by atoms with van der Waals surface area (Å²) in [6, 6.07) is 26.7. The number of nitrogens with zero attached hydrogens (tertiary/aromatic N) is 2. The predicted octanol–water partition coefficient (Wildman–Crippen LogP) is 5.90. The van der Waals surface area contributed by atoms with Crippen molar-refractivity contribution in [1.82, 2.24) is 10.6 Å². The molecule has 0 saturated heterocycles. The molecule has 1 aliphatic heterocycles. The first-order valence-corrected chi connectivity index (χ1v) is 15.7. The van der Waals surface area contributed by atoms with Crippen LogP contribution in [0.2, 0.25) is 0 Å². The van der Waals surface area contributed by atoms with E-state index in [1.165, 1.54) is 28.1 Å². The van der Waals surface area contributed by atoms with Gasteiger partial charge in [-0.3, -0.25) is 19.2 Å². The molecule has 1 atom stereocenters. The van der Waals surface area contributed by atoms with Crippen LogP contribution in [0.3, 0.4) is 0 Å². The average Bonchev–Trinajstić information content (AvgIpc) is 3.69. The van der Waals surface area contributed by atoms with Crippen LogP contribution in [0.4, 0.5) is 11.4 Å². The van der Waals surface area contributed by atoms with Crippen LogP contribution in [0.1, 0.15) is 35.7 Å². The van der Waals surface area contributed by atoms with Crippen LogP contribution in [0, 0.1) is 0 Å². The van der Waals surface area contributed by atoms with Crippen LogP contribution in [0.5, 0.6) is 0 Å². The lowest BCUT2D eigenvalue weighted by atomic mass is 10.2. The van der Waals surface area contributed by atoms with Crippen molar-refractivity contribution in [2.24, 2.45) is 5.10 Å². The molecule has 3 aromatic carbocycles. The zero-order chi connectivity index (χ0) is 30.9. The number of thioether (sulfide) groups is 1. The van der Waals surface area contributed by atoms with Gasteiger partial charge < -0.3 is 16.0 Å². The maximum Gasteiger partial charge on any atom is 0.272 e. The minimum atomic E-state index is -0.487. The van der Waals surface area contributed by atoms with Crippen LogP contribution < -0.4 is 21.0 Å². The molecule has 4 amide bonds. The van der Waals surface area contributed by atoms with Gasteiger partial charge in [0, 0.05) is 16.1 Å². The highest BCUT2D eigenvalue weighted by Gasteiger charge is 2.28. The molecule has 0 saturated carbocycles. The summed E-state index contributed by atoms with van der Waals surface area (Å²) in [6.45, 7) is 1.90. The van der Waals surface area contributed by atoms with E-state index in [0.717, 1.165) is 10.5 Å². The highest BCUT2D eigenvalue weighted by atomic mass is 32.2. The lowest BCUT2D eigenvalue weighted by molar-refractivity contribution is -0.119. The number of hydrogen-bond donors (Lipinski definition) is 3. The number of anilines is 2. The van der Waals surface area contributed by atoms with Gasteiger partial charge in [-0.1, -0.05) is 49.4 Å². The molecular formula is C33H29N5O4S2. The lowest BCUT2D eigenvalue weighted by Crippen LogP contribution is -2.36. The summed E-state index contributed by atoms with van der Waals surface area (Å²) in [4.78, 5) is 52.6. The fourth-order valence-corrected chi connectivity index (χ4v) is 5.92. The molecule has 5 rings (SSSR count). The fraction of sp³-hybridized carbons (Fsp3) is 0.121. The van der Waals surface area contributed by atoms with Crippen LogP contribution in [-0.2, 0) is 14.4 Å². The molecule has 0 spiro atoms. The van der Waals surface area contributed by atoms with Crippen molar-refractivity contribution in [1.29, 1.82) is 0 Å². The van der Waals surface area contributed by atoms with Gasteiger partial charge in [0.1, 0.15) is 11.5 Å². The second-order valence-corrected chi connectivity index (χ2v) is 11.7. The van der Waals surface area contributed by atoms with Gasteiger partial charge in [0.25, 0.3) is 17.7 Å². The first kappa shape index (κ1) is 30.5. The van der Waals surface area contributed by atoms with E-state index in [2.05, 4.69) is 21.1 Å². The quantitative estimate of drug-likeness (QED) is 0.150. The van der Waals surface area contributed by atoms with Crippen LogP contribution in [0.15, 0.2) is 117 Å². The summed E-state index contributed by atoms with van der Waals surface area (Å²) in [5.74, 6) is -1.07. The summed E-state index contributed by atoms with van der Waals surface area (Å²) in [5.41, 5.74) is 2.45. The maximum atomic E-state index is 13.3. The standard InChI is InChI=1S/C33H29N5O4S2/c1-2-28(33(42)36-29-20-30(39)38(37-29)25-13-7-4-8-14-25)44-26-15-9-12-24(19-26)34-32(41)27(18-22-16-17-43-21-22)35-31(40)23-10-5-3-6-11-23/h3-19,21,28H,2,20H2,1H3,(H,34,41)(H,35,40)(H,36,37,42)/b27-18-. The Hall–Kier alpha value is -5.00. The highest BCUT2D eigenvalue weighted by molar-refractivity contribution is 8.00. The molecule has 0 aliphatic carbocycles. The van der Waals surface area contributed by atoms with E-state index in [4.69, 9.17) is 0 Å². The van der Waals surface area contributed by atoms with Crippen molar-refractivity contribution in [2.45, 2.75) is 29.9 Å². The van der Waals surface area contributed by atoms with Crippen molar-refractivity contribution in [3.05, 3.63) is 119 Å². The molecule has 9 nitrogen and oxygen atoms in total. The van der Waals surface area contributed by atoms with Gasteiger partial charge in [-0.2, -0.15) is 21.4 Å². The van der Waals surface area contributed by atoms with E-state index in [1.807, 2.05) is 54.1 Å². The number of para-hydroxylation sites is 1. The predicted molar refractivity (Wildman–Crippen MR) is 175 cm³/mol. The van der Waals surface area contributed by atoms with Gasteiger partial charge >= 0.3 is 0 Å². The normalized spacial score (nSPS) is 13.7.